The lowest BCUT2D eigenvalue weighted by Crippen LogP contribution is -2.18. The SMILES string of the molecule is COC(=O)CCCS(=O)(=O)Nc1ccccc1[N+](=O)[O-]. The smallest absolute Gasteiger partial charge is 0.305 e. The van der Waals surface area contributed by atoms with Gasteiger partial charge < -0.3 is 4.74 Å². The number of anilines is 1. The Balaban J connectivity index is 2.72. The van der Waals surface area contributed by atoms with E-state index in [0.29, 0.717) is 0 Å². The number of rotatable bonds is 7. The maximum atomic E-state index is 11.8. The van der Waals surface area contributed by atoms with E-state index in [1.165, 1.54) is 31.4 Å². The van der Waals surface area contributed by atoms with Crippen molar-refractivity contribution in [3.8, 4) is 0 Å². The molecule has 0 atom stereocenters. The lowest BCUT2D eigenvalue weighted by Gasteiger charge is -2.07. The zero-order valence-corrected chi connectivity index (χ0v) is 11.6. The van der Waals surface area contributed by atoms with Crippen molar-refractivity contribution in [2.24, 2.45) is 0 Å². The average Bonchev–Trinajstić information content (AvgIpc) is 2.38. The summed E-state index contributed by atoms with van der Waals surface area (Å²) in [6.45, 7) is 0. The van der Waals surface area contributed by atoms with Crippen molar-refractivity contribution in [2.75, 3.05) is 17.6 Å². The molecule has 0 fully saturated rings. The molecule has 0 heterocycles. The lowest BCUT2D eigenvalue weighted by molar-refractivity contribution is -0.383. The summed E-state index contributed by atoms with van der Waals surface area (Å²) >= 11 is 0. The monoisotopic (exact) mass is 302 g/mol. The van der Waals surface area contributed by atoms with Gasteiger partial charge in [-0.15, -0.1) is 0 Å². The van der Waals surface area contributed by atoms with Gasteiger partial charge in [0, 0.05) is 12.5 Å². The van der Waals surface area contributed by atoms with Crippen LogP contribution in [0.4, 0.5) is 11.4 Å². The number of hydrogen-bond donors (Lipinski definition) is 1. The molecule has 0 aliphatic rings. The fourth-order valence-electron chi connectivity index (χ4n) is 1.45. The van der Waals surface area contributed by atoms with Crippen molar-refractivity contribution in [1.82, 2.24) is 0 Å². The van der Waals surface area contributed by atoms with Gasteiger partial charge in [-0.3, -0.25) is 19.6 Å². The molecular formula is C11H14N2O6S. The molecule has 0 amide bonds. The summed E-state index contributed by atoms with van der Waals surface area (Å²) in [6.07, 6.45) is 0.0386. The Morgan fingerprint density at radius 1 is 1.40 bits per heavy atom. The first-order valence-electron chi connectivity index (χ1n) is 5.66. The molecule has 0 saturated heterocycles. The third kappa shape index (κ3) is 4.84. The predicted octanol–water partition coefficient (Wildman–Crippen LogP) is 1.29. The van der Waals surface area contributed by atoms with Crippen LogP contribution in [0.15, 0.2) is 24.3 Å². The fourth-order valence-corrected chi connectivity index (χ4v) is 2.58. The van der Waals surface area contributed by atoms with E-state index in [1.54, 1.807) is 0 Å². The number of esters is 1. The van der Waals surface area contributed by atoms with Crippen LogP contribution in [0.3, 0.4) is 0 Å². The molecule has 0 unspecified atom stereocenters. The first-order valence-corrected chi connectivity index (χ1v) is 7.31. The molecule has 9 heteroatoms. The zero-order chi connectivity index (χ0) is 15.2. The molecule has 1 aromatic carbocycles. The first kappa shape index (κ1) is 15.9. The van der Waals surface area contributed by atoms with Crippen molar-refractivity contribution >= 4 is 27.4 Å². The Bertz CT molecular complexity index is 599. The van der Waals surface area contributed by atoms with Crippen LogP contribution in [0.25, 0.3) is 0 Å². The van der Waals surface area contributed by atoms with Crippen molar-refractivity contribution in [1.29, 1.82) is 0 Å². The quantitative estimate of drug-likeness (QED) is 0.461. The standard InChI is InChI=1S/C11H14N2O6S/c1-19-11(14)7-4-8-20(17,18)12-9-5-2-3-6-10(9)13(15)16/h2-3,5-6,12H,4,7-8H2,1H3. The summed E-state index contributed by atoms with van der Waals surface area (Å²) in [5.74, 6) is -0.834. The second-order valence-electron chi connectivity index (χ2n) is 3.87. The van der Waals surface area contributed by atoms with Crippen LogP contribution in [-0.2, 0) is 19.6 Å². The fraction of sp³-hybridized carbons (Fsp3) is 0.364. The number of carbonyl (C=O) groups excluding carboxylic acids is 1. The number of benzene rings is 1. The van der Waals surface area contributed by atoms with Gasteiger partial charge in [-0.05, 0) is 12.5 Å². The van der Waals surface area contributed by atoms with Crippen LogP contribution in [0.1, 0.15) is 12.8 Å². The van der Waals surface area contributed by atoms with E-state index in [1.807, 2.05) is 0 Å². The number of nitrogens with one attached hydrogen (secondary N) is 1. The minimum absolute atomic E-state index is 0.0334. The Morgan fingerprint density at radius 2 is 2.05 bits per heavy atom. The van der Waals surface area contributed by atoms with E-state index in [2.05, 4.69) is 9.46 Å². The summed E-state index contributed by atoms with van der Waals surface area (Å²) in [5, 5.41) is 10.8. The third-order valence-corrected chi connectivity index (χ3v) is 3.74. The maximum absolute atomic E-state index is 11.8. The van der Waals surface area contributed by atoms with Crippen LogP contribution < -0.4 is 4.72 Å². The Morgan fingerprint density at radius 3 is 2.65 bits per heavy atom. The van der Waals surface area contributed by atoms with Crippen LogP contribution in [0.5, 0.6) is 0 Å². The average molecular weight is 302 g/mol. The highest BCUT2D eigenvalue weighted by Gasteiger charge is 2.18. The molecule has 20 heavy (non-hydrogen) atoms. The molecule has 0 aliphatic heterocycles. The van der Waals surface area contributed by atoms with E-state index in [-0.39, 0.29) is 30.0 Å². The molecule has 0 aromatic heterocycles. The second-order valence-corrected chi connectivity index (χ2v) is 5.72. The van der Waals surface area contributed by atoms with Crippen LogP contribution in [0, 0.1) is 10.1 Å². The molecule has 0 saturated carbocycles. The molecule has 0 aliphatic carbocycles. The van der Waals surface area contributed by atoms with Gasteiger partial charge in [-0.1, -0.05) is 12.1 Å². The Kier molecular flexibility index (Phi) is 5.44. The number of nitro groups is 1. The van der Waals surface area contributed by atoms with Gasteiger partial charge >= 0.3 is 5.97 Å². The van der Waals surface area contributed by atoms with Crippen LogP contribution >= 0.6 is 0 Å². The maximum Gasteiger partial charge on any atom is 0.305 e. The van der Waals surface area contributed by atoms with Crippen LogP contribution in [0.2, 0.25) is 0 Å². The van der Waals surface area contributed by atoms with Crippen molar-refractivity contribution in [3.63, 3.8) is 0 Å². The lowest BCUT2D eigenvalue weighted by atomic mass is 10.3. The van der Waals surface area contributed by atoms with E-state index < -0.39 is 20.9 Å². The predicted molar refractivity (Wildman–Crippen MR) is 71.8 cm³/mol. The summed E-state index contributed by atoms with van der Waals surface area (Å²) in [6, 6.07) is 5.43. The van der Waals surface area contributed by atoms with Gasteiger partial charge in [0.05, 0.1) is 17.8 Å². The van der Waals surface area contributed by atoms with Gasteiger partial charge in [0.25, 0.3) is 5.69 Å². The molecule has 1 N–H and O–H groups in total. The summed E-state index contributed by atoms with van der Waals surface area (Å²) in [4.78, 5) is 21.0. The topological polar surface area (TPSA) is 116 Å². The van der Waals surface area contributed by atoms with Gasteiger partial charge in [0.1, 0.15) is 5.69 Å². The Labute approximate surface area is 115 Å². The molecule has 0 bridgehead atoms. The highest BCUT2D eigenvalue weighted by molar-refractivity contribution is 7.92. The van der Waals surface area contributed by atoms with Crippen molar-refractivity contribution in [3.05, 3.63) is 34.4 Å². The zero-order valence-electron chi connectivity index (χ0n) is 10.7. The van der Waals surface area contributed by atoms with Crippen molar-refractivity contribution in [2.45, 2.75) is 12.8 Å². The van der Waals surface area contributed by atoms with Crippen LogP contribution in [-0.4, -0.2) is 32.2 Å². The largest absolute Gasteiger partial charge is 0.469 e. The highest BCUT2D eigenvalue weighted by Crippen LogP contribution is 2.24. The molecule has 8 nitrogen and oxygen atoms in total. The number of methoxy groups -OCH3 is 1. The second kappa shape index (κ2) is 6.85. The third-order valence-electron chi connectivity index (χ3n) is 2.39. The molecule has 1 aromatic rings. The molecule has 1 rings (SSSR count). The number of nitrogens with zero attached hydrogens (tertiary/aromatic N) is 1. The number of para-hydroxylation sites is 2. The molecule has 0 spiro atoms. The highest BCUT2D eigenvalue weighted by atomic mass is 32.2. The van der Waals surface area contributed by atoms with E-state index in [4.69, 9.17) is 0 Å². The molecule has 0 radical (unpaired) electrons. The molecule has 110 valence electrons. The number of hydrogen-bond acceptors (Lipinski definition) is 6. The minimum atomic E-state index is -3.76. The van der Waals surface area contributed by atoms with Gasteiger partial charge in [0.15, 0.2) is 0 Å². The number of ether oxygens (including phenoxy) is 1. The molecular weight excluding hydrogens is 288 g/mol. The van der Waals surface area contributed by atoms with Gasteiger partial charge in [-0.2, -0.15) is 0 Å². The summed E-state index contributed by atoms with van der Waals surface area (Å²) < 4.78 is 30.0. The number of carbonyl (C=O) groups is 1. The Hall–Kier alpha value is -2.16. The van der Waals surface area contributed by atoms with E-state index in [9.17, 15) is 23.3 Å². The van der Waals surface area contributed by atoms with E-state index in [0.717, 1.165) is 0 Å². The van der Waals surface area contributed by atoms with Gasteiger partial charge in [-0.25, -0.2) is 8.42 Å². The normalized spacial score (nSPS) is 10.8. The van der Waals surface area contributed by atoms with Crippen molar-refractivity contribution < 1.29 is 22.9 Å². The van der Waals surface area contributed by atoms with Gasteiger partial charge in [0.2, 0.25) is 10.0 Å². The summed E-state index contributed by atoms with van der Waals surface area (Å²) in [5.41, 5.74) is -0.431. The summed E-state index contributed by atoms with van der Waals surface area (Å²) in [7, 11) is -2.55. The van der Waals surface area contributed by atoms with E-state index >= 15 is 0 Å². The minimum Gasteiger partial charge on any atom is -0.469 e. The number of nitro benzene ring substituents is 1. The number of sulfonamides is 1. The first-order chi connectivity index (χ1) is 9.35.